The maximum absolute atomic E-state index is 9.79. The Morgan fingerprint density at radius 2 is 1.50 bits per heavy atom. The molecular weight excluding hydrogens is 312 g/mol. The van der Waals surface area contributed by atoms with E-state index in [1.807, 2.05) is 60.7 Å². The molecule has 0 saturated heterocycles. The van der Waals surface area contributed by atoms with Crippen LogP contribution in [-0.4, -0.2) is 26.1 Å². The van der Waals surface area contributed by atoms with Crippen molar-refractivity contribution in [2.24, 2.45) is 5.92 Å². The van der Waals surface area contributed by atoms with Gasteiger partial charge in [-0.3, -0.25) is 0 Å². The highest BCUT2D eigenvalue weighted by molar-refractivity contribution is 6.99. The second-order valence-corrected chi connectivity index (χ2v) is 11.8. The van der Waals surface area contributed by atoms with Crippen molar-refractivity contribution in [3.05, 3.63) is 60.7 Å². The van der Waals surface area contributed by atoms with Gasteiger partial charge in [0.1, 0.15) is 0 Å². The summed E-state index contributed by atoms with van der Waals surface area (Å²) >= 11 is 0. The van der Waals surface area contributed by atoms with Gasteiger partial charge in [-0.25, -0.2) is 0 Å². The van der Waals surface area contributed by atoms with E-state index in [-0.39, 0.29) is 17.9 Å². The molecule has 0 spiro atoms. The topological polar surface area (TPSA) is 29.5 Å². The maximum atomic E-state index is 9.79. The van der Waals surface area contributed by atoms with Gasteiger partial charge in [0.25, 0.3) is 8.32 Å². The molecular formula is C21H28O2Si. The first-order valence-corrected chi connectivity index (χ1v) is 10.4. The molecule has 3 heteroatoms. The lowest BCUT2D eigenvalue weighted by molar-refractivity contribution is 0.0183. The van der Waals surface area contributed by atoms with Gasteiger partial charge in [0.05, 0.1) is 10.2 Å². The van der Waals surface area contributed by atoms with Crippen molar-refractivity contribution in [2.75, 3.05) is 6.56 Å². The third-order valence-corrected chi connectivity index (χ3v) is 9.59. The second-order valence-electron chi connectivity index (χ2n) is 7.55. The summed E-state index contributed by atoms with van der Waals surface area (Å²) in [6.07, 6.45) is -1.34. The lowest BCUT2D eigenvalue weighted by Crippen LogP contribution is -2.67. The molecule has 1 aliphatic carbocycles. The smallest absolute Gasteiger partial charge is 0.261 e. The third-order valence-electron chi connectivity index (χ3n) is 4.76. The molecule has 128 valence electrons. The quantitative estimate of drug-likeness (QED) is 0.844. The molecule has 24 heavy (non-hydrogen) atoms. The zero-order valence-corrected chi connectivity index (χ0v) is 15.6. The fourth-order valence-corrected chi connectivity index (χ4v) is 7.69. The molecule has 2 aromatic rings. The summed E-state index contributed by atoms with van der Waals surface area (Å²) in [5, 5.41) is 11.5. The minimum atomic E-state index is -2.99. The molecule has 0 radical (unpaired) electrons. The van der Waals surface area contributed by atoms with Gasteiger partial charge in [-0.15, -0.1) is 0 Å². The number of hydrogen-bond donors (Lipinski definition) is 1. The summed E-state index contributed by atoms with van der Waals surface area (Å²) in [6, 6.07) is 19.9. The van der Waals surface area contributed by atoms with Crippen molar-refractivity contribution in [3.8, 4) is 0 Å². The van der Waals surface area contributed by atoms with Gasteiger partial charge in [-0.2, -0.15) is 0 Å². The van der Waals surface area contributed by atoms with Crippen LogP contribution in [0.25, 0.3) is 0 Å². The molecule has 0 aromatic heterocycles. The fourth-order valence-electron chi connectivity index (χ4n) is 3.41. The lowest BCUT2D eigenvalue weighted by atomic mass is 9.83. The molecule has 0 heterocycles. The Morgan fingerprint density at radius 1 is 1.04 bits per heavy atom. The largest absolute Gasteiger partial charge is 0.407 e. The molecule has 2 nitrogen and oxygen atoms in total. The molecule has 2 aromatic carbocycles. The number of rotatable bonds is 5. The van der Waals surface area contributed by atoms with Gasteiger partial charge < -0.3 is 9.53 Å². The Morgan fingerprint density at radius 3 is 1.88 bits per heavy atom. The van der Waals surface area contributed by atoms with Gasteiger partial charge in [0.15, 0.2) is 0 Å². The molecule has 0 atom stereocenters. The zero-order valence-electron chi connectivity index (χ0n) is 17.6. The molecule has 1 aliphatic rings. The summed E-state index contributed by atoms with van der Waals surface area (Å²) in [5.74, 6) is -0.485. The first-order valence-electron chi connectivity index (χ1n) is 10.0. The van der Waals surface area contributed by atoms with Crippen LogP contribution in [0.4, 0.5) is 0 Å². The Balaban J connectivity index is 2.13. The van der Waals surface area contributed by atoms with Gasteiger partial charge in [-0.1, -0.05) is 81.4 Å². The van der Waals surface area contributed by atoms with E-state index in [0.29, 0.717) is 0 Å². The molecule has 1 N–H and O–H groups in total. The summed E-state index contributed by atoms with van der Waals surface area (Å²) < 4.78 is 31.6. The Bertz CT molecular complexity index is 726. The van der Waals surface area contributed by atoms with E-state index >= 15 is 0 Å². The van der Waals surface area contributed by atoms with Crippen molar-refractivity contribution in [3.63, 3.8) is 0 Å². The average molecular weight is 344 g/mol. The monoisotopic (exact) mass is 343 g/mol. The van der Waals surface area contributed by atoms with Crippen LogP contribution in [-0.2, 0) is 4.43 Å². The molecule has 0 aliphatic heterocycles. The first kappa shape index (κ1) is 13.8. The molecule has 3 rings (SSSR count). The zero-order chi connectivity index (χ0) is 19.9. The fraction of sp³-hybridized carbons (Fsp3) is 0.429. The van der Waals surface area contributed by atoms with Gasteiger partial charge in [0, 0.05) is 6.56 Å². The highest BCUT2D eigenvalue weighted by Crippen LogP contribution is 2.38. The minimum absolute atomic E-state index is 0.0954. The summed E-state index contributed by atoms with van der Waals surface area (Å²) in [6.45, 7) is 4.41. The lowest BCUT2D eigenvalue weighted by Gasteiger charge is -2.45. The summed E-state index contributed by atoms with van der Waals surface area (Å²) in [7, 11) is -2.99. The maximum Gasteiger partial charge on any atom is 0.261 e. The number of hydrogen-bond acceptors (Lipinski definition) is 2. The predicted octanol–water partition coefficient (Wildman–Crippen LogP) is 3.33. The van der Waals surface area contributed by atoms with Gasteiger partial charge in [0.2, 0.25) is 0 Å². The van der Waals surface area contributed by atoms with E-state index < -0.39 is 26.9 Å². The predicted molar refractivity (Wildman–Crippen MR) is 102 cm³/mol. The van der Waals surface area contributed by atoms with Crippen LogP contribution in [0.1, 0.15) is 37.7 Å². The van der Waals surface area contributed by atoms with E-state index in [1.54, 1.807) is 0 Å². The number of benzene rings is 2. The Kier molecular flexibility index (Phi) is 3.93. The molecule has 0 amide bonds. The van der Waals surface area contributed by atoms with Crippen LogP contribution in [0, 0.1) is 5.92 Å². The summed E-state index contributed by atoms with van der Waals surface area (Å²) in [4.78, 5) is 0. The standard InChI is InChI=1S/C21H28O2Si/c1-21(2,3)24(19-10-6-4-7-11-19,20-12-8-5-9-13-20)23-16-17-14-18(22)15-17/h4-13,17-18,22H,14-16H2,1-3H3/i16D2,18D. The SMILES string of the molecule is [2H]C1(O)CC(C([2H])([2H])O[Si](c2ccccc2)(c2ccccc2)C(C)(C)C)C1. The van der Waals surface area contributed by atoms with Crippen LogP contribution in [0.15, 0.2) is 60.7 Å². The number of aliphatic hydroxyl groups is 1. The van der Waals surface area contributed by atoms with Crippen molar-refractivity contribution in [1.82, 2.24) is 0 Å². The first-order chi connectivity index (χ1) is 12.5. The Labute approximate surface area is 150 Å². The van der Waals surface area contributed by atoms with Crippen LogP contribution < -0.4 is 10.4 Å². The van der Waals surface area contributed by atoms with Crippen LogP contribution in [0.5, 0.6) is 0 Å². The molecule has 0 bridgehead atoms. The normalized spacial score (nSPS) is 26.8. The molecule has 1 fully saturated rings. The van der Waals surface area contributed by atoms with E-state index in [2.05, 4.69) is 20.8 Å². The van der Waals surface area contributed by atoms with Gasteiger partial charge in [-0.05, 0) is 34.2 Å². The van der Waals surface area contributed by atoms with Crippen LogP contribution in [0.2, 0.25) is 5.04 Å². The summed E-state index contributed by atoms with van der Waals surface area (Å²) in [5.41, 5.74) is 0. The van der Waals surface area contributed by atoms with Crippen LogP contribution >= 0.6 is 0 Å². The van der Waals surface area contributed by atoms with E-state index in [9.17, 15) is 5.11 Å². The third kappa shape index (κ3) is 3.21. The van der Waals surface area contributed by atoms with Crippen molar-refractivity contribution >= 4 is 18.7 Å². The molecule has 1 saturated carbocycles. The minimum Gasteiger partial charge on any atom is -0.407 e. The second kappa shape index (κ2) is 6.83. The van der Waals surface area contributed by atoms with Crippen molar-refractivity contribution < 1.29 is 13.6 Å². The average Bonchev–Trinajstić information content (AvgIpc) is 2.58. The van der Waals surface area contributed by atoms with E-state index in [1.165, 1.54) is 0 Å². The van der Waals surface area contributed by atoms with Crippen LogP contribution in [0.3, 0.4) is 0 Å². The van der Waals surface area contributed by atoms with Crippen molar-refractivity contribution in [1.29, 1.82) is 0 Å². The van der Waals surface area contributed by atoms with E-state index in [4.69, 9.17) is 8.54 Å². The van der Waals surface area contributed by atoms with Crippen molar-refractivity contribution in [2.45, 2.75) is 44.7 Å². The van der Waals surface area contributed by atoms with E-state index in [0.717, 1.165) is 10.4 Å². The van der Waals surface area contributed by atoms with Gasteiger partial charge >= 0.3 is 0 Å². The highest BCUT2D eigenvalue weighted by Gasteiger charge is 2.50. The Hall–Kier alpha value is -1.42. The highest BCUT2D eigenvalue weighted by atomic mass is 28.4. The molecule has 0 unspecified atom stereocenters.